The van der Waals surface area contributed by atoms with E-state index in [-0.39, 0.29) is 5.92 Å². The summed E-state index contributed by atoms with van der Waals surface area (Å²) in [7, 11) is 1.57. The molecule has 0 aromatic heterocycles. The van der Waals surface area contributed by atoms with Crippen LogP contribution in [0.3, 0.4) is 0 Å². The fourth-order valence-electron chi connectivity index (χ4n) is 2.62. The van der Waals surface area contributed by atoms with Crippen molar-refractivity contribution in [2.24, 2.45) is 5.92 Å². The van der Waals surface area contributed by atoms with Crippen LogP contribution >= 0.6 is 11.6 Å². The molecule has 2 N–H and O–H groups in total. The normalized spacial score (nSPS) is 12.0. The van der Waals surface area contributed by atoms with Crippen molar-refractivity contribution < 1.29 is 19.4 Å². The molecule has 0 radical (unpaired) electrons. The molecule has 140 valence electrons. The van der Waals surface area contributed by atoms with Gasteiger partial charge < -0.3 is 14.6 Å². The Morgan fingerprint density at radius 2 is 1.85 bits per heavy atom. The van der Waals surface area contributed by atoms with Crippen LogP contribution in [0.4, 0.5) is 0 Å². The highest BCUT2D eigenvalue weighted by Gasteiger charge is 2.21. The van der Waals surface area contributed by atoms with Crippen molar-refractivity contribution in [3.63, 3.8) is 0 Å². The number of benzene rings is 2. The van der Waals surface area contributed by atoms with Crippen LogP contribution in [0.25, 0.3) is 0 Å². The fraction of sp³-hybridized carbons (Fsp3) is 0.350. The van der Waals surface area contributed by atoms with Gasteiger partial charge in [-0.05, 0) is 18.1 Å². The van der Waals surface area contributed by atoms with Crippen LogP contribution < -0.4 is 14.8 Å². The molecule has 2 aromatic rings. The van der Waals surface area contributed by atoms with Gasteiger partial charge in [0.1, 0.15) is 12.6 Å². The van der Waals surface area contributed by atoms with Crippen LogP contribution in [0, 0.1) is 5.92 Å². The van der Waals surface area contributed by atoms with E-state index in [2.05, 4.69) is 5.32 Å². The largest absolute Gasteiger partial charge is 0.493 e. The van der Waals surface area contributed by atoms with Crippen LogP contribution in [-0.4, -0.2) is 24.2 Å². The third-order valence-electron chi connectivity index (χ3n) is 4.06. The maximum atomic E-state index is 11.4. The summed E-state index contributed by atoms with van der Waals surface area (Å²) >= 11 is 6.19. The van der Waals surface area contributed by atoms with E-state index in [0.717, 1.165) is 11.1 Å². The first-order valence-corrected chi connectivity index (χ1v) is 8.80. The smallest absolute Gasteiger partial charge is 0.320 e. The summed E-state index contributed by atoms with van der Waals surface area (Å²) in [5.41, 5.74) is 1.69. The average Bonchev–Trinajstić information content (AvgIpc) is 2.61. The summed E-state index contributed by atoms with van der Waals surface area (Å²) in [5, 5.41) is 13.0. The van der Waals surface area contributed by atoms with Gasteiger partial charge in [-0.1, -0.05) is 55.8 Å². The van der Waals surface area contributed by atoms with E-state index < -0.39 is 12.0 Å². The Morgan fingerprint density at radius 1 is 1.15 bits per heavy atom. The number of carbonyl (C=O) groups is 1. The summed E-state index contributed by atoms with van der Waals surface area (Å²) in [6, 6.07) is 12.4. The molecule has 26 heavy (non-hydrogen) atoms. The van der Waals surface area contributed by atoms with Crippen LogP contribution in [0.5, 0.6) is 11.5 Å². The van der Waals surface area contributed by atoms with Crippen molar-refractivity contribution in [3.05, 3.63) is 58.6 Å². The highest BCUT2D eigenvalue weighted by molar-refractivity contribution is 6.31. The van der Waals surface area contributed by atoms with Crippen molar-refractivity contribution >= 4 is 17.6 Å². The molecule has 0 aliphatic rings. The van der Waals surface area contributed by atoms with Gasteiger partial charge in [0, 0.05) is 22.7 Å². The topological polar surface area (TPSA) is 67.8 Å². The van der Waals surface area contributed by atoms with Crippen molar-refractivity contribution in [2.45, 2.75) is 33.0 Å². The molecule has 0 aliphatic heterocycles. The molecule has 2 aromatic carbocycles. The number of rotatable bonds is 9. The Labute approximate surface area is 158 Å². The van der Waals surface area contributed by atoms with Crippen LogP contribution in [0.2, 0.25) is 5.02 Å². The van der Waals surface area contributed by atoms with E-state index in [1.165, 1.54) is 0 Å². The molecule has 0 saturated carbocycles. The number of ether oxygens (including phenoxy) is 2. The lowest BCUT2D eigenvalue weighted by molar-refractivity contribution is -0.140. The quantitative estimate of drug-likeness (QED) is 0.687. The summed E-state index contributed by atoms with van der Waals surface area (Å²) in [6.45, 7) is 4.38. The molecular formula is C20H24ClNO4. The van der Waals surface area contributed by atoms with Crippen molar-refractivity contribution in [3.8, 4) is 11.5 Å². The first-order valence-electron chi connectivity index (χ1n) is 8.42. The molecule has 5 nitrogen and oxygen atoms in total. The van der Waals surface area contributed by atoms with Gasteiger partial charge in [0.15, 0.2) is 11.5 Å². The van der Waals surface area contributed by atoms with Crippen LogP contribution in [-0.2, 0) is 17.9 Å². The second-order valence-electron chi connectivity index (χ2n) is 6.27. The van der Waals surface area contributed by atoms with Gasteiger partial charge >= 0.3 is 5.97 Å². The van der Waals surface area contributed by atoms with E-state index >= 15 is 0 Å². The minimum absolute atomic E-state index is 0.0365. The van der Waals surface area contributed by atoms with Crippen LogP contribution in [0.1, 0.15) is 25.0 Å². The highest BCUT2D eigenvalue weighted by Crippen LogP contribution is 2.32. The first kappa shape index (κ1) is 20.1. The number of methoxy groups -OCH3 is 1. The van der Waals surface area contributed by atoms with Crippen LogP contribution in [0.15, 0.2) is 42.5 Å². The third-order valence-corrected chi connectivity index (χ3v) is 4.42. The van der Waals surface area contributed by atoms with Gasteiger partial charge in [0.05, 0.1) is 7.11 Å². The number of carboxylic acid groups (broad SMARTS) is 1. The molecule has 0 amide bonds. The number of aliphatic carboxylic acids is 1. The summed E-state index contributed by atoms with van der Waals surface area (Å²) in [4.78, 5) is 11.4. The molecule has 6 heteroatoms. The SMILES string of the molecule is COc1cccc(CNC(C(=O)O)C(C)C)c1OCc1ccccc1Cl. The Hall–Kier alpha value is -2.24. The number of hydrogen-bond acceptors (Lipinski definition) is 4. The number of nitrogens with one attached hydrogen (secondary N) is 1. The molecule has 0 saturated heterocycles. The third kappa shape index (κ3) is 5.13. The minimum Gasteiger partial charge on any atom is -0.493 e. The summed E-state index contributed by atoms with van der Waals surface area (Å²) < 4.78 is 11.4. The van der Waals surface area contributed by atoms with Gasteiger partial charge in [0.2, 0.25) is 0 Å². The second-order valence-corrected chi connectivity index (χ2v) is 6.68. The van der Waals surface area contributed by atoms with E-state index in [1.54, 1.807) is 7.11 Å². The highest BCUT2D eigenvalue weighted by atomic mass is 35.5. The van der Waals surface area contributed by atoms with Crippen molar-refractivity contribution in [1.82, 2.24) is 5.32 Å². The fourth-order valence-corrected chi connectivity index (χ4v) is 2.81. The Balaban J connectivity index is 2.19. The van der Waals surface area contributed by atoms with Gasteiger partial charge in [0.25, 0.3) is 0 Å². The maximum absolute atomic E-state index is 11.4. The number of halogens is 1. The maximum Gasteiger partial charge on any atom is 0.320 e. The molecule has 0 fully saturated rings. The summed E-state index contributed by atoms with van der Waals surface area (Å²) in [6.07, 6.45) is 0. The molecular weight excluding hydrogens is 354 g/mol. The molecule has 0 heterocycles. The molecule has 0 spiro atoms. The zero-order chi connectivity index (χ0) is 19.1. The average molecular weight is 378 g/mol. The van der Waals surface area contributed by atoms with E-state index in [1.807, 2.05) is 56.3 Å². The zero-order valence-corrected chi connectivity index (χ0v) is 15.9. The van der Waals surface area contributed by atoms with Crippen molar-refractivity contribution in [2.75, 3.05) is 7.11 Å². The van der Waals surface area contributed by atoms with E-state index in [9.17, 15) is 9.90 Å². The monoisotopic (exact) mass is 377 g/mol. The standard InChI is InChI=1S/C20H24ClNO4/c1-13(2)18(20(23)24)22-11-14-8-6-10-17(25-3)19(14)26-12-15-7-4-5-9-16(15)21/h4-10,13,18,22H,11-12H2,1-3H3,(H,23,24). The lowest BCUT2D eigenvalue weighted by atomic mass is 10.0. The number of carboxylic acids is 1. The van der Waals surface area contributed by atoms with E-state index in [0.29, 0.717) is 29.7 Å². The Kier molecular flexibility index (Phi) is 7.30. The second kappa shape index (κ2) is 9.46. The summed E-state index contributed by atoms with van der Waals surface area (Å²) in [5.74, 6) is 0.259. The van der Waals surface area contributed by atoms with E-state index in [4.69, 9.17) is 21.1 Å². The molecule has 0 aliphatic carbocycles. The predicted molar refractivity (Wildman–Crippen MR) is 102 cm³/mol. The predicted octanol–water partition coefficient (Wildman–Crippen LogP) is 4.13. The molecule has 1 unspecified atom stereocenters. The molecule has 0 bridgehead atoms. The van der Waals surface area contributed by atoms with Gasteiger partial charge in [-0.25, -0.2) is 0 Å². The van der Waals surface area contributed by atoms with Gasteiger partial charge in [-0.2, -0.15) is 0 Å². The number of hydrogen-bond donors (Lipinski definition) is 2. The van der Waals surface area contributed by atoms with Crippen molar-refractivity contribution in [1.29, 1.82) is 0 Å². The zero-order valence-electron chi connectivity index (χ0n) is 15.2. The lowest BCUT2D eigenvalue weighted by Gasteiger charge is -2.20. The Bertz CT molecular complexity index is 748. The molecule has 2 rings (SSSR count). The minimum atomic E-state index is -0.874. The van der Waals surface area contributed by atoms with Gasteiger partial charge in [-0.15, -0.1) is 0 Å². The Morgan fingerprint density at radius 3 is 2.46 bits per heavy atom. The molecule has 1 atom stereocenters. The lowest BCUT2D eigenvalue weighted by Crippen LogP contribution is -2.40. The first-order chi connectivity index (χ1) is 12.4. The number of para-hydroxylation sites is 1. The van der Waals surface area contributed by atoms with Gasteiger partial charge in [-0.3, -0.25) is 10.1 Å².